The molecule has 4 nitrogen and oxygen atoms in total. The van der Waals surface area contributed by atoms with Gasteiger partial charge in [0.05, 0.1) is 6.20 Å². The maximum Gasteiger partial charge on any atom is 0.224 e. The number of anilines is 2. The molecule has 0 radical (unpaired) electrons. The van der Waals surface area contributed by atoms with E-state index in [1.807, 2.05) is 0 Å². The summed E-state index contributed by atoms with van der Waals surface area (Å²) in [7, 11) is 0. The zero-order chi connectivity index (χ0) is 14.4. The highest BCUT2D eigenvalue weighted by molar-refractivity contribution is 5.41. The molecule has 1 aliphatic rings. The van der Waals surface area contributed by atoms with Gasteiger partial charge in [0.2, 0.25) is 5.95 Å². The molecule has 2 N–H and O–H groups in total. The van der Waals surface area contributed by atoms with Crippen LogP contribution >= 0.6 is 0 Å². The van der Waals surface area contributed by atoms with Crippen LogP contribution in [0.3, 0.4) is 0 Å². The summed E-state index contributed by atoms with van der Waals surface area (Å²) in [6.07, 6.45) is 8.15. The average Bonchev–Trinajstić information content (AvgIpc) is 2.48. The lowest BCUT2D eigenvalue weighted by atomic mass is 9.84. The first-order chi connectivity index (χ1) is 9.72. The molecule has 0 bridgehead atoms. The van der Waals surface area contributed by atoms with Gasteiger partial charge in [0.1, 0.15) is 0 Å². The van der Waals surface area contributed by atoms with Gasteiger partial charge < -0.3 is 10.6 Å². The Labute approximate surface area is 120 Å². The predicted octanol–water partition coefficient (Wildman–Crippen LogP) is 3.82. The van der Waals surface area contributed by atoms with Crippen molar-refractivity contribution in [2.75, 3.05) is 17.2 Å². The highest BCUT2D eigenvalue weighted by Gasteiger charge is 2.22. The molecule has 2 rings (SSSR count). The zero-order valence-corrected chi connectivity index (χ0v) is 12.5. The van der Waals surface area contributed by atoms with Gasteiger partial charge in [-0.3, -0.25) is 0 Å². The molecule has 1 saturated carbocycles. The van der Waals surface area contributed by atoms with Crippen molar-refractivity contribution in [1.29, 1.82) is 0 Å². The lowest BCUT2D eigenvalue weighted by molar-refractivity contribution is 0.326. The van der Waals surface area contributed by atoms with Crippen molar-refractivity contribution in [3.05, 3.63) is 12.0 Å². The van der Waals surface area contributed by atoms with Gasteiger partial charge in [-0.25, -0.2) is 9.37 Å². The molecule has 20 heavy (non-hydrogen) atoms. The van der Waals surface area contributed by atoms with Crippen LogP contribution in [0.1, 0.15) is 52.4 Å². The van der Waals surface area contributed by atoms with E-state index in [4.69, 9.17) is 0 Å². The summed E-state index contributed by atoms with van der Waals surface area (Å²) in [6, 6.07) is 0.331. The first-order valence-electron chi connectivity index (χ1n) is 7.75. The normalized spacial score (nSPS) is 22.6. The van der Waals surface area contributed by atoms with Gasteiger partial charge in [-0.1, -0.05) is 33.1 Å². The van der Waals surface area contributed by atoms with Gasteiger partial charge in [-0.2, -0.15) is 4.98 Å². The number of aromatic nitrogens is 2. The van der Waals surface area contributed by atoms with Crippen molar-refractivity contribution in [2.24, 2.45) is 5.92 Å². The van der Waals surface area contributed by atoms with E-state index in [-0.39, 0.29) is 5.82 Å². The molecule has 0 spiro atoms. The van der Waals surface area contributed by atoms with Crippen LogP contribution < -0.4 is 10.6 Å². The fourth-order valence-corrected chi connectivity index (χ4v) is 2.78. The zero-order valence-electron chi connectivity index (χ0n) is 12.5. The van der Waals surface area contributed by atoms with Crippen molar-refractivity contribution in [2.45, 2.75) is 58.4 Å². The summed E-state index contributed by atoms with van der Waals surface area (Å²) in [6.45, 7) is 5.10. The number of hydrogen-bond acceptors (Lipinski definition) is 4. The summed E-state index contributed by atoms with van der Waals surface area (Å²) >= 11 is 0. The van der Waals surface area contributed by atoms with Crippen LogP contribution in [0.5, 0.6) is 0 Å². The van der Waals surface area contributed by atoms with Crippen LogP contribution in [0, 0.1) is 11.7 Å². The largest absolute Gasteiger partial charge is 0.365 e. The number of halogens is 1. The van der Waals surface area contributed by atoms with Crippen molar-refractivity contribution in [3.63, 3.8) is 0 Å². The van der Waals surface area contributed by atoms with Crippen LogP contribution in [0.25, 0.3) is 0 Å². The van der Waals surface area contributed by atoms with Gasteiger partial charge >= 0.3 is 0 Å². The van der Waals surface area contributed by atoms with Crippen molar-refractivity contribution in [1.82, 2.24) is 9.97 Å². The van der Waals surface area contributed by atoms with Gasteiger partial charge in [-0.15, -0.1) is 0 Å². The molecule has 0 saturated heterocycles. The standard InChI is InChI=1S/C15H25FN4/c1-3-8-17-15-18-10-13(16)14(20-15)19-12-7-5-6-11(4-2)9-12/h10-12H,3-9H2,1-2H3,(H2,17,18,19,20). The van der Waals surface area contributed by atoms with Gasteiger partial charge in [0, 0.05) is 12.6 Å². The predicted molar refractivity (Wildman–Crippen MR) is 80.4 cm³/mol. The molecule has 2 atom stereocenters. The summed E-state index contributed by atoms with van der Waals surface area (Å²) < 4.78 is 13.8. The lowest BCUT2D eigenvalue weighted by Gasteiger charge is -2.29. The summed E-state index contributed by atoms with van der Waals surface area (Å²) in [5.41, 5.74) is 0. The fraction of sp³-hybridized carbons (Fsp3) is 0.733. The van der Waals surface area contributed by atoms with Crippen LogP contribution in [0.4, 0.5) is 16.2 Å². The Balaban J connectivity index is 2.00. The molecule has 0 aromatic carbocycles. The van der Waals surface area contributed by atoms with Crippen LogP contribution in [0.2, 0.25) is 0 Å². The average molecular weight is 280 g/mol. The molecule has 0 amide bonds. The van der Waals surface area contributed by atoms with E-state index < -0.39 is 0 Å². The number of rotatable bonds is 6. The molecule has 1 aliphatic carbocycles. The van der Waals surface area contributed by atoms with Crippen molar-refractivity contribution >= 4 is 11.8 Å². The van der Waals surface area contributed by atoms with E-state index in [1.54, 1.807) is 0 Å². The van der Waals surface area contributed by atoms with E-state index in [9.17, 15) is 4.39 Å². The van der Waals surface area contributed by atoms with Crippen LogP contribution in [-0.2, 0) is 0 Å². The smallest absolute Gasteiger partial charge is 0.224 e. The molecular weight excluding hydrogens is 255 g/mol. The fourth-order valence-electron chi connectivity index (χ4n) is 2.78. The second-order valence-corrected chi connectivity index (χ2v) is 5.60. The Hall–Kier alpha value is -1.39. The number of nitrogens with one attached hydrogen (secondary N) is 2. The van der Waals surface area contributed by atoms with Gasteiger partial charge in [-0.05, 0) is 25.2 Å². The maximum atomic E-state index is 13.8. The minimum Gasteiger partial charge on any atom is -0.365 e. The Kier molecular flexibility index (Phi) is 5.56. The minimum absolute atomic E-state index is 0.331. The molecule has 1 fully saturated rings. The highest BCUT2D eigenvalue weighted by atomic mass is 19.1. The first kappa shape index (κ1) is 15.0. The second kappa shape index (κ2) is 7.41. The Bertz CT molecular complexity index is 424. The Morgan fingerprint density at radius 1 is 1.35 bits per heavy atom. The summed E-state index contributed by atoms with van der Waals surface area (Å²) in [5.74, 6) is 1.22. The topological polar surface area (TPSA) is 49.8 Å². The molecule has 0 aliphatic heterocycles. The third-order valence-corrected chi connectivity index (χ3v) is 3.98. The molecule has 1 aromatic rings. The minimum atomic E-state index is -0.370. The summed E-state index contributed by atoms with van der Waals surface area (Å²) in [5, 5.41) is 6.35. The van der Waals surface area contributed by atoms with Gasteiger partial charge in [0.15, 0.2) is 11.6 Å². The first-order valence-corrected chi connectivity index (χ1v) is 7.75. The third kappa shape index (κ3) is 4.05. The summed E-state index contributed by atoms with van der Waals surface area (Å²) in [4.78, 5) is 8.21. The van der Waals surface area contributed by atoms with Crippen LogP contribution in [0.15, 0.2) is 6.20 Å². The van der Waals surface area contributed by atoms with Crippen molar-refractivity contribution < 1.29 is 4.39 Å². The SMILES string of the molecule is CCCNc1ncc(F)c(NC2CCCC(CC)C2)n1. The van der Waals surface area contributed by atoms with E-state index in [2.05, 4.69) is 34.4 Å². The second-order valence-electron chi connectivity index (χ2n) is 5.60. The third-order valence-electron chi connectivity index (χ3n) is 3.98. The van der Waals surface area contributed by atoms with E-state index in [0.717, 1.165) is 31.7 Å². The molecule has 2 unspecified atom stereocenters. The number of hydrogen-bond donors (Lipinski definition) is 2. The van der Waals surface area contributed by atoms with E-state index >= 15 is 0 Å². The monoisotopic (exact) mass is 280 g/mol. The van der Waals surface area contributed by atoms with E-state index in [1.165, 1.54) is 25.5 Å². The molecular formula is C15H25FN4. The number of nitrogens with zero attached hydrogens (tertiary/aromatic N) is 2. The maximum absolute atomic E-state index is 13.8. The molecule has 112 valence electrons. The molecule has 1 aromatic heterocycles. The van der Waals surface area contributed by atoms with Gasteiger partial charge in [0.25, 0.3) is 0 Å². The Morgan fingerprint density at radius 2 is 2.20 bits per heavy atom. The van der Waals surface area contributed by atoms with Crippen LogP contribution in [-0.4, -0.2) is 22.6 Å². The van der Waals surface area contributed by atoms with E-state index in [0.29, 0.717) is 17.8 Å². The lowest BCUT2D eigenvalue weighted by Crippen LogP contribution is -2.28. The van der Waals surface area contributed by atoms with Crippen molar-refractivity contribution in [3.8, 4) is 0 Å². The quantitative estimate of drug-likeness (QED) is 0.831. The highest BCUT2D eigenvalue weighted by Crippen LogP contribution is 2.28. The molecule has 1 heterocycles. The molecule has 5 heteroatoms. The Morgan fingerprint density at radius 3 is 2.95 bits per heavy atom.